The number of ketones is 1. The number of aliphatic hydroxyl groups is 6. The number of aliphatic hydroxyl groups excluding tert-OH is 6. The molecule has 9 nitrogen and oxygen atoms in total. The van der Waals surface area contributed by atoms with Crippen LogP contribution in [0.5, 0.6) is 0 Å². The van der Waals surface area contributed by atoms with E-state index in [0.29, 0.717) is 0 Å². The van der Waals surface area contributed by atoms with Crippen LogP contribution in [-0.2, 0) is 14.3 Å². The smallest absolute Gasteiger partial charge is 0.189 e. The summed E-state index contributed by atoms with van der Waals surface area (Å²) in [6.45, 7) is -2.67. The highest BCUT2D eigenvalue weighted by molar-refractivity contribution is 5.85. The van der Waals surface area contributed by atoms with Crippen LogP contribution in [0, 0.1) is 0 Å². The molecule has 0 radical (unpaired) electrons. The Balaban J connectivity index is 4.55. The van der Waals surface area contributed by atoms with Crippen molar-refractivity contribution in [3.05, 3.63) is 0 Å². The molecule has 0 spiro atoms. The summed E-state index contributed by atoms with van der Waals surface area (Å²) in [6.07, 6.45) is -6.09. The van der Waals surface area contributed by atoms with Gasteiger partial charge in [-0.15, -0.1) is 0 Å². The molecule has 9 heteroatoms. The molecule has 0 aromatic rings. The Kier molecular flexibility index (Phi) is 10.7. The van der Waals surface area contributed by atoms with Crippen LogP contribution in [0.2, 0.25) is 0 Å². The first kappa shape index (κ1) is 19.4. The van der Waals surface area contributed by atoms with Crippen LogP contribution >= 0.6 is 0 Å². The van der Waals surface area contributed by atoms with Gasteiger partial charge in [0.15, 0.2) is 5.78 Å². The average molecular weight is 298 g/mol. The van der Waals surface area contributed by atoms with Gasteiger partial charge in [-0.1, -0.05) is 0 Å². The second-order valence-corrected chi connectivity index (χ2v) is 4.07. The Morgan fingerprint density at radius 1 is 1.05 bits per heavy atom. The number of carbonyl (C=O) groups is 1. The minimum absolute atomic E-state index is 0.0869. The molecular formula is C11H22O9. The molecule has 20 heavy (non-hydrogen) atoms. The van der Waals surface area contributed by atoms with Crippen molar-refractivity contribution in [1.29, 1.82) is 0 Å². The molecule has 0 saturated heterocycles. The fourth-order valence-corrected chi connectivity index (χ4v) is 1.28. The lowest BCUT2D eigenvalue weighted by Crippen LogP contribution is -2.47. The van der Waals surface area contributed by atoms with Gasteiger partial charge in [-0.2, -0.15) is 0 Å². The molecule has 6 N–H and O–H groups in total. The zero-order valence-electron chi connectivity index (χ0n) is 11.0. The van der Waals surface area contributed by atoms with Crippen molar-refractivity contribution in [1.82, 2.24) is 0 Å². The second kappa shape index (κ2) is 11.1. The fourth-order valence-electron chi connectivity index (χ4n) is 1.28. The van der Waals surface area contributed by atoms with E-state index in [4.69, 9.17) is 29.9 Å². The van der Waals surface area contributed by atoms with Crippen molar-refractivity contribution in [2.24, 2.45) is 0 Å². The summed E-state index contributed by atoms with van der Waals surface area (Å²) in [6, 6.07) is 0. The van der Waals surface area contributed by atoms with Crippen LogP contribution in [-0.4, -0.2) is 100 Å². The van der Waals surface area contributed by atoms with Crippen molar-refractivity contribution in [3.8, 4) is 0 Å². The van der Waals surface area contributed by atoms with Crippen LogP contribution in [0.1, 0.15) is 0 Å². The summed E-state index contributed by atoms with van der Waals surface area (Å²) in [5.74, 6) is -0.733. The molecule has 0 aromatic heterocycles. The zero-order valence-corrected chi connectivity index (χ0v) is 11.0. The number of hydrogen-bond donors (Lipinski definition) is 6. The number of carbonyl (C=O) groups excluding carboxylic acids is 1. The highest BCUT2D eigenvalue weighted by atomic mass is 16.5. The third kappa shape index (κ3) is 7.22. The molecule has 4 atom stereocenters. The maximum absolute atomic E-state index is 11.8. The number of ether oxygens (including phenoxy) is 2. The van der Waals surface area contributed by atoms with Crippen LogP contribution in [0.3, 0.4) is 0 Å². The van der Waals surface area contributed by atoms with Crippen molar-refractivity contribution >= 4 is 5.78 Å². The first-order chi connectivity index (χ1) is 9.47. The summed E-state index contributed by atoms with van der Waals surface area (Å²) in [7, 11) is 0. The van der Waals surface area contributed by atoms with Crippen molar-refractivity contribution in [2.75, 3.05) is 39.6 Å². The largest absolute Gasteiger partial charge is 0.394 e. The Morgan fingerprint density at radius 3 is 2.20 bits per heavy atom. The summed E-state index contributed by atoms with van der Waals surface area (Å²) in [5, 5.41) is 54.0. The third-order valence-corrected chi connectivity index (χ3v) is 2.37. The third-order valence-electron chi connectivity index (χ3n) is 2.37. The lowest BCUT2D eigenvalue weighted by atomic mass is 10.0. The SMILES string of the molecule is O=C(COCCO)[C@@H](OCC(O)CO)[C@H](O)[C@H](O)CO. The standard InChI is InChI=1S/C11H22O9/c12-1-2-19-6-9(17)11(10(18)8(16)4-14)20-5-7(15)3-13/h7-8,10-16,18H,1-6H2/t7?,8-,10-,11-/m1/s1. The molecule has 0 amide bonds. The minimum atomic E-state index is -1.71. The van der Waals surface area contributed by atoms with E-state index in [0.717, 1.165) is 0 Å². The van der Waals surface area contributed by atoms with E-state index in [1.165, 1.54) is 0 Å². The molecule has 0 bridgehead atoms. The van der Waals surface area contributed by atoms with Gasteiger partial charge in [0.1, 0.15) is 31.0 Å². The van der Waals surface area contributed by atoms with E-state index < -0.39 is 56.6 Å². The predicted octanol–water partition coefficient (Wildman–Crippen LogP) is -3.98. The molecule has 0 aliphatic rings. The summed E-state index contributed by atoms with van der Waals surface area (Å²) < 4.78 is 9.72. The van der Waals surface area contributed by atoms with E-state index >= 15 is 0 Å². The first-order valence-electron chi connectivity index (χ1n) is 6.06. The summed E-state index contributed by atoms with van der Waals surface area (Å²) >= 11 is 0. The van der Waals surface area contributed by atoms with Gasteiger partial charge in [0.2, 0.25) is 0 Å². The topological polar surface area (TPSA) is 157 Å². The van der Waals surface area contributed by atoms with Gasteiger partial charge in [0.25, 0.3) is 0 Å². The predicted molar refractivity (Wildman–Crippen MR) is 64.8 cm³/mol. The quantitative estimate of drug-likeness (QED) is 0.198. The minimum Gasteiger partial charge on any atom is -0.394 e. The second-order valence-electron chi connectivity index (χ2n) is 4.07. The number of Topliss-reactive ketones (excluding diaryl/α,β-unsaturated/α-hetero) is 1. The van der Waals surface area contributed by atoms with Crippen LogP contribution in [0.15, 0.2) is 0 Å². The number of hydrogen-bond acceptors (Lipinski definition) is 9. The van der Waals surface area contributed by atoms with Crippen LogP contribution < -0.4 is 0 Å². The highest BCUT2D eigenvalue weighted by Gasteiger charge is 2.33. The summed E-state index contributed by atoms with van der Waals surface area (Å²) in [4.78, 5) is 11.8. The molecule has 0 aromatic carbocycles. The van der Waals surface area contributed by atoms with Crippen molar-refractivity contribution in [3.63, 3.8) is 0 Å². The maximum Gasteiger partial charge on any atom is 0.189 e. The molecule has 120 valence electrons. The Labute approximate surface area is 116 Å². The molecule has 0 aliphatic carbocycles. The Hall–Kier alpha value is -0.650. The number of rotatable bonds is 12. The lowest BCUT2D eigenvalue weighted by molar-refractivity contribution is -0.157. The Bertz CT molecular complexity index is 260. The molecule has 0 saturated carbocycles. The van der Waals surface area contributed by atoms with Crippen molar-refractivity contribution < 1.29 is 44.9 Å². The van der Waals surface area contributed by atoms with E-state index in [9.17, 15) is 15.0 Å². The van der Waals surface area contributed by atoms with Crippen LogP contribution in [0.4, 0.5) is 0 Å². The van der Waals surface area contributed by atoms with E-state index in [1.807, 2.05) is 0 Å². The van der Waals surface area contributed by atoms with E-state index in [-0.39, 0.29) is 13.2 Å². The zero-order chi connectivity index (χ0) is 15.5. The fraction of sp³-hybridized carbons (Fsp3) is 0.909. The van der Waals surface area contributed by atoms with E-state index in [1.54, 1.807) is 0 Å². The maximum atomic E-state index is 11.8. The van der Waals surface area contributed by atoms with Gasteiger partial charge in [-0.05, 0) is 0 Å². The average Bonchev–Trinajstić information content (AvgIpc) is 2.46. The van der Waals surface area contributed by atoms with Gasteiger partial charge in [-0.25, -0.2) is 0 Å². The molecule has 0 fully saturated rings. The first-order valence-corrected chi connectivity index (χ1v) is 6.06. The lowest BCUT2D eigenvalue weighted by Gasteiger charge is -2.25. The van der Waals surface area contributed by atoms with Crippen molar-refractivity contribution in [2.45, 2.75) is 24.4 Å². The van der Waals surface area contributed by atoms with Crippen LogP contribution in [0.25, 0.3) is 0 Å². The molecule has 1 unspecified atom stereocenters. The van der Waals surface area contributed by atoms with E-state index in [2.05, 4.69) is 0 Å². The molecule has 0 rings (SSSR count). The summed E-state index contributed by atoms with van der Waals surface area (Å²) in [5.41, 5.74) is 0. The molecular weight excluding hydrogens is 276 g/mol. The van der Waals surface area contributed by atoms with Gasteiger partial charge < -0.3 is 40.1 Å². The van der Waals surface area contributed by atoms with Gasteiger partial charge in [0.05, 0.1) is 33.0 Å². The van der Waals surface area contributed by atoms with Gasteiger partial charge >= 0.3 is 0 Å². The molecule has 0 aliphatic heterocycles. The monoisotopic (exact) mass is 298 g/mol. The Morgan fingerprint density at radius 2 is 1.70 bits per heavy atom. The highest BCUT2D eigenvalue weighted by Crippen LogP contribution is 2.08. The normalized spacial score (nSPS) is 17.5. The molecule has 0 heterocycles. The van der Waals surface area contributed by atoms with Gasteiger partial charge in [-0.3, -0.25) is 4.79 Å². The van der Waals surface area contributed by atoms with Gasteiger partial charge in [0, 0.05) is 0 Å².